The van der Waals surface area contributed by atoms with Gasteiger partial charge < -0.3 is 23.7 Å². The Bertz CT molecular complexity index is 898. The summed E-state index contributed by atoms with van der Waals surface area (Å²) in [7, 11) is 3.18. The van der Waals surface area contributed by atoms with E-state index in [9.17, 15) is 4.79 Å². The molecule has 0 N–H and O–H groups in total. The van der Waals surface area contributed by atoms with Crippen molar-refractivity contribution in [2.45, 2.75) is 39.2 Å². The standard InChI is InChI=1S/C23H32N4O4/c1-16(2)12-27-15-24-25-21(27)20-13-26(14-23(20)5-7-31-8-6-23)22(28)17-9-18(29-3)11-19(10-17)30-4/h9-11,15-16,20H,5-8,12-14H2,1-4H3. The largest absolute Gasteiger partial charge is 0.497 e. The van der Waals surface area contributed by atoms with Crippen LogP contribution in [-0.4, -0.2) is 66.1 Å². The number of benzene rings is 1. The Morgan fingerprint density at radius 1 is 1.19 bits per heavy atom. The van der Waals surface area contributed by atoms with Gasteiger partial charge >= 0.3 is 0 Å². The lowest BCUT2D eigenvalue weighted by molar-refractivity contribution is 0.0106. The molecule has 0 aliphatic carbocycles. The first-order valence-electron chi connectivity index (χ1n) is 10.9. The van der Waals surface area contributed by atoms with Crippen molar-refractivity contribution in [3.05, 3.63) is 35.9 Å². The number of amides is 1. The van der Waals surface area contributed by atoms with E-state index in [1.807, 2.05) is 11.2 Å². The van der Waals surface area contributed by atoms with Crippen molar-refractivity contribution in [2.24, 2.45) is 11.3 Å². The van der Waals surface area contributed by atoms with Gasteiger partial charge in [-0.15, -0.1) is 10.2 Å². The predicted octanol–water partition coefficient (Wildman–Crippen LogP) is 2.99. The maximum absolute atomic E-state index is 13.5. The number of hydrogen-bond acceptors (Lipinski definition) is 6. The SMILES string of the molecule is COc1cc(OC)cc(C(=O)N2CC(c3nncn3CC(C)C)C3(CCOCC3)C2)c1. The molecule has 0 saturated carbocycles. The molecule has 2 aliphatic heterocycles. The minimum absolute atomic E-state index is 0.0134. The Hall–Kier alpha value is -2.61. The number of likely N-dealkylation sites (tertiary alicyclic amines) is 1. The Morgan fingerprint density at radius 2 is 1.87 bits per heavy atom. The van der Waals surface area contributed by atoms with Crippen LogP contribution in [0.4, 0.5) is 0 Å². The highest BCUT2D eigenvalue weighted by molar-refractivity contribution is 5.95. The summed E-state index contributed by atoms with van der Waals surface area (Å²) in [5, 5.41) is 8.73. The van der Waals surface area contributed by atoms with Gasteiger partial charge in [0.05, 0.1) is 14.2 Å². The molecule has 2 aromatic rings. The monoisotopic (exact) mass is 428 g/mol. The zero-order valence-electron chi connectivity index (χ0n) is 18.8. The molecule has 31 heavy (non-hydrogen) atoms. The third kappa shape index (κ3) is 4.26. The smallest absolute Gasteiger partial charge is 0.254 e. The number of nitrogens with zero attached hydrogens (tertiary/aromatic N) is 4. The first-order chi connectivity index (χ1) is 15.0. The fourth-order valence-electron chi connectivity index (χ4n) is 4.94. The second-order valence-electron chi connectivity index (χ2n) is 9.05. The van der Waals surface area contributed by atoms with Gasteiger partial charge in [0, 0.05) is 55.8 Å². The number of methoxy groups -OCH3 is 2. The molecule has 8 nitrogen and oxygen atoms in total. The first-order valence-corrected chi connectivity index (χ1v) is 10.9. The molecule has 0 radical (unpaired) electrons. The molecule has 1 aromatic carbocycles. The Labute approximate surface area is 183 Å². The highest BCUT2D eigenvalue weighted by Gasteiger charge is 2.51. The number of ether oxygens (including phenoxy) is 3. The summed E-state index contributed by atoms with van der Waals surface area (Å²) in [4.78, 5) is 15.5. The highest BCUT2D eigenvalue weighted by Crippen LogP contribution is 2.49. The van der Waals surface area contributed by atoms with Crippen LogP contribution >= 0.6 is 0 Å². The summed E-state index contributed by atoms with van der Waals surface area (Å²) in [6.45, 7) is 7.98. The maximum atomic E-state index is 13.5. The summed E-state index contributed by atoms with van der Waals surface area (Å²) < 4.78 is 18.6. The second kappa shape index (κ2) is 8.86. The number of aromatic nitrogens is 3. The van der Waals surface area contributed by atoms with Crippen molar-refractivity contribution in [2.75, 3.05) is 40.5 Å². The van der Waals surface area contributed by atoms with E-state index in [4.69, 9.17) is 14.2 Å². The number of carbonyl (C=O) groups excluding carboxylic acids is 1. The van der Waals surface area contributed by atoms with E-state index in [0.29, 0.717) is 49.3 Å². The van der Waals surface area contributed by atoms with Crippen molar-refractivity contribution in [1.29, 1.82) is 0 Å². The van der Waals surface area contributed by atoms with Gasteiger partial charge in [-0.25, -0.2) is 0 Å². The molecule has 168 valence electrons. The topological polar surface area (TPSA) is 78.7 Å². The van der Waals surface area contributed by atoms with Crippen LogP contribution in [0.15, 0.2) is 24.5 Å². The van der Waals surface area contributed by atoms with Gasteiger partial charge in [-0.1, -0.05) is 13.8 Å². The van der Waals surface area contributed by atoms with E-state index in [2.05, 4.69) is 28.6 Å². The van der Waals surface area contributed by atoms with Crippen LogP contribution in [-0.2, 0) is 11.3 Å². The lowest BCUT2D eigenvalue weighted by Crippen LogP contribution is -2.38. The molecule has 1 amide bonds. The van der Waals surface area contributed by atoms with Crippen LogP contribution in [0.1, 0.15) is 48.8 Å². The number of carbonyl (C=O) groups is 1. The molecule has 0 bridgehead atoms. The van der Waals surface area contributed by atoms with E-state index >= 15 is 0 Å². The molecule has 2 saturated heterocycles. The predicted molar refractivity (Wildman–Crippen MR) is 116 cm³/mol. The summed E-state index contributed by atoms with van der Waals surface area (Å²) in [5.74, 6) is 2.80. The molecule has 4 rings (SSSR count). The van der Waals surface area contributed by atoms with Gasteiger partial charge in [0.2, 0.25) is 0 Å². The maximum Gasteiger partial charge on any atom is 0.254 e. The first kappa shape index (κ1) is 21.6. The normalized spacial score (nSPS) is 20.4. The van der Waals surface area contributed by atoms with Gasteiger partial charge in [-0.05, 0) is 30.9 Å². The third-order valence-corrected chi connectivity index (χ3v) is 6.54. The van der Waals surface area contributed by atoms with Gasteiger partial charge in [-0.2, -0.15) is 0 Å². The third-order valence-electron chi connectivity index (χ3n) is 6.54. The lowest BCUT2D eigenvalue weighted by Gasteiger charge is -2.37. The van der Waals surface area contributed by atoms with Crippen molar-refractivity contribution < 1.29 is 19.0 Å². The summed E-state index contributed by atoms with van der Waals surface area (Å²) in [6.07, 6.45) is 3.65. The zero-order chi connectivity index (χ0) is 22.0. The molecule has 1 aromatic heterocycles. The van der Waals surface area contributed by atoms with E-state index in [1.165, 1.54) is 0 Å². The Morgan fingerprint density at radius 3 is 2.48 bits per heavy atom. The van der Waals surface area contributed by atoms with Gasteiger partial charge in [0.1, 0.15) is 23.7 Å². The van der Waals surface area contributed by atoms with Crippen LogP contribution < -0.4 is 9.47 Å². The average Bonchev–Trinajstić information content (AvgIpc) is 3.37. The van der Waals surface area contributed by atoms with Crippen molar-refractivity contribution in [3.63, 3.8) is 0 Å². The molecular formula is C23H32N4O4. The van der Waals surface area contributed by atoms with E-state index < -0.39 is 0 Å². The van der Waals surface area contributed by atoms with Crippen LogP contribution in [0.2, 0.25) is 0 Å². The van der Waals surface area contributed by atoms with Gasteiger partial charge in [0.15, 0.2) is 0 Å². The van der Waals surface area contributed by atoms with Crippen molar-refractivity contribution >= 4 is 5.91 Å². The fourth-order valence-corrected chi connectivity index (χ4v) is 4.94. The molecule has 2 fully saturated rings. The molecule has 3 heterocycles. The molecule has 2 aliphatic rings. The summed E-state index contributed by atoms with van der Waals surface area (Å²) >= 11 is 0. The second-order valence-corrected chi connectivity index (χ2v) is 9.05. The van der Waals surface area contributed by atoms with E-state index in [-0.39, 0.29) is 17.2 Å². The average molecular weight is 429 g/mol. The van der Waals surface area contributed by atoms with Crippen LogP contribution in [0.25, 0.3) is 0 Å². The number of rotatable bonds is 6. The fraction of sp³-hybridized carbons (Fsp3) is 0.609. The minimum Gasteiger partial charge on any atom is -0.497 e. The van der Waals surface area contributed by atoms with Crippen molar-refractivity contribution in [1.82, 2.24) is 19.7 Å². The molecule has 1 spiro atoms. The van der Waals surface area contributed by atoms with Crippen LogP contribution in [0.3, 0.4) is 0 Å². The summed E-state index contributed by atoms with van der Waals surface area (Å²) in [5.41, 5.74) is 0.529. The van der Waals surface area contributed by atoms with Crippen LogP contribution in [0.5, 0.6) is 11.5 Å². The molecule has 1 atom stereocenters. The van der Waals surface area contributed by atoms with E-state index in [0.717, 1.165) is 25.2 Å². The Balaban J connectivity index is 1.66. The minimum atomic E-state index is -0.0430. The quantitative estimate of drug-likeness (QED) is 0.704. The molecule has 8 heteroatoms. The van der Waals surface area contributed by atoms with E-state index in [1.54, 1.807) is 32.4 Å². The highest BCUT2D eigenvalue weighted by atomic mass is 16.5. The Kier molecular flexibility index (Phi) is 6.18. The summed E-state index contributed by atoms with van der Waals surface area (Å²) in [6, 6.07) is 5.32. The number of hydrogen-bond donors (Lipinski definition) is 0. The van der Waals surface area contributed by atoms with Crippen LogP contribution in [0, 0.1) is 11.3 Å². The lowest BCUT2D eigenvalue weighted by atomic mass is 9.71. The van der Waals surface area contributed by atoms with Crippen molar-refractivity contribution in [3.8, 4) is 11.5 Å². The van der Waals surface area contributed by atoms with Gasteiger partial charge in [-0.3, -0.25) is 4.79 Å². The zero-order valence-corrected chi connectivity index (χ0v) is 18.8. The van der Waals surface area contributed by atoms with Gasteiger partial charge in [0.25, 0.3) is 5.91 Å². The molecule has 1 unspecified atom stereocenters. The molecular weight excluding hydrogens is 396 g/mol.